The van der Waals surface area contributed by atoms with Crippen molar-refractivity contribution < 1.29 is 24.2 Å². The highest BCUT2D eigenvalue weighted by molar-refractivity contribution is 6.04. The fourth-order valence-corrected chi connectivity index (χ4v) is 2.62. The molecule has 1 aliphatic rings. The lowest BCUT2D eigenvalue weighted by Crippen LogP contribution is -2.55. The van der Waals surface area contributed by atoms with Crippen molar-refractivity contribution >= 4 is 18.0 Å². The van der Waals surface area contributed by atoms with E-state index in [0.29, 0.717) is 4.90 Å². The van der Waals surface area contributed by atoms with E-state index in [1.165, 1.54) is 0 Å². The fourth-order valence-electron chi connectivity index (χ4n) is 2.62. The Morgan fingerprint density at radius 3 is 2.20 bits per heavy atom. The standard InChI is InChI=1S/C14H23NO5/c1-7-14(10(17)20-12(2,3)4)8-13(5,6)9(16)15(14)11(18)19/h7-8H2,1-6H3,(H,18,19). The molecule has 1 rings (SSSR count). The van der Waals surface area contributed by atoms with E-state index in [4.69, 9.17) is 4.74 Å². The molecule has 2 amide bonds. The van der Waals surface area contributed by atoms with Crippen LogP contribution in [0.5, 0.6) is 0 Å². The van der Waals surface area contributed by atoms with Gasteiger partial charge >= 0.3 is 12.1 Å². The highest BCUT2D eigenvalue weighted by Crippen LogP contribution is 2.45. The Hall–Kier alpha value is -1.59. The van der Waals surface area contributed by atoms with Crippen LogP contribution in [0.3, 0.4) is 0 Å². The lowest BCUT2D eigenvalue weighted by Gasteiger charge is -2.34. The molecule has 0 radical (unpaired) electrons. The minimum absolute atomic E-state index is 0.135. The van der Waals surface area contributed by atoms with Crippen LogP contribution in [-0.2, 0) is 14.3 Å². The number of rotatable bonds is 2. The van der Waals surface area contributed by atoms with Gasteiger partial charge < -0.3 is 9.84 Å². The van der Waals surface area contributed by atoms with Crippen LogP contribution in [0.25, 0.3) is 0 Å². The van der Waals surface area contributed by atoms with E-state index in [2.05, 4.69) is 0 Å². The Labute approximate surface area is 119 Å². The number of likely N-dealkylation sites (tertiary alicyclic amines) is 1. The van der Waals surface area contributed by atoms with E-state index in [9.17, 15) is 19.5 Å². The molecule has 0 aromatic carbocycles. The van der Waals surface area contributed by atoms with E-state index in [1.54, 1.807) is 41.5 Å². The Morgan fingerprint density at radius 2 is 1.85 bits per heavy atom. The second-order valence-corrected chi connectivity index (χ2v) is 6.87. The van der Waals surface area contributed by atoms with Gasteiger partial charge in [0.25, 0.3) is 0 Å². The average molecular weight is 285 g/mol. The van der Waals surface area contributed by atoms with Gasteiger partial charge in [0, 0.05) is 5.41 Å². The molecule has 1 N–H and O–H groups in total. The molecular weight excluding hydrogens is 262 g/mol. The minimum atomic E-state index is -1.43. The van der Waals surface area contributed by atoms with Crippen molar-refractivity contribution in [1.29, 1.82) is 0 Å². The molecule has 1 atom stereocenters. The molecule has 0 aromatic heterocycles. The van der Waals surface area contributed by atoms with Crippen molar-refractivity contribution in [3.8, 4) is 0 Å². The van der Waals surface area contributed by atoms with Crippen molar-refractivity contribution in [2.75, 3.05) is 0 Å². The zero-order valence-electron chi connectivity index (χ0n) is 12.9. The first kappa shape index (κ1) is 16.5. The van der Waals surface area contributed by atoms with E-state index >= 15 is 0 Å². The van der Waals surface area contributed by atoms with E-state index < -0.39 is 34.5 Å². The first-order valence-electron chi connectivity index (χ1n) is 6.68. The maximum atomic E-state index is 12.5. The lowest BCUT2D eigenvalue weighted by atomic mass is 9.82. The van der Waals surface area contributed by atoms with Crippen molar-refractivity contribution in [2.24, 2.45) is 5.41 Å². The number of nitrogens with zero attached hydrogens (tertiary/aromatic N) is 1. The van der Waals surface area contributed by atoms with Crippen molar-refractivity contribution in [3.63, 3.8) is 0 Å². The van der Waals surface area contributed by atoms with E-state index in [1.807, 2.05) is 0 Å². The molecule has 0 aromatic rings. The van der Waals surface area contributed by atoms with E-state index in [0.717, 1.165) is 0 Å². The van der Waals surface area contributed by atoms with Gasteiger partial charge in [-0.25, -0.2) is 14.5 Å². The maximum absolute atomic E-state index is 12.5. The molecule has 20 heavy (non-hydrogen) atoms. The molecule has 1 saturated heterocycles. The minimum Gasteiger partial charge on any atom is -0.465 e. The highest BCUT2D eigenvalue weighted by Gasteiger charge is 2.62. The SMILES string of the molecule is CCC1(C(=O)OC(C)(C)C)CC(C)(C)C(=O)N1C(=O)O. The van der Waals surface area contributed by atoms with Gasteiger partial charge in [-0.15, -0.1) is 0 Å². The third-order valence-corrected chi connectivity index (χ3v) is 3.50. The number of carboxylic acid groups (broad SMARTS) is 1. The second-order valence-electron chi connectivity index (χ2n) is 6.87. The van der Waals surface area contributed by atoms with Gasteiger partial charge in [0.05, 0.1) is 0 Å². The number of imide groups is 1. The summed E-state index contributed by atoms with van der Waals surface area (Å²) in [7, 11) is 0. The van der Waals surface area contributed by atoms with Crippen LogP contribution in [0.1, 0.15) is 54.4 Å². The highest BCUT2D eigenvalue weighted by atomic mass is 16.6. The molecule has 1 fully saturated rings. The summed E-state index contributed by atoms with van der Waals surface area (Å²) in [4.78, 5) is 36.8. The van der Waals surface area contributed by atoms with Crippen LogP contribution in [-0.4, -0.2) is 39.1 Å². The Balaban J connectivity index is 3.29. The molecule has 6 heteroatoms. The molecule has 1 heterocycles. The maximum Gasteiger partial charge on any atom is 0.415 e. The predicted molar refractivity (Wildman–Crippen MR) is 72.1 cm³/mol. The average Bonchev–Trinajstić information content (AvgIpc) is 2.45. The van der Waals surface area contributed by atoms with Crippen LogP contribution in [0.2, 0.25) is 0 Å². The summed E-state index contributed by atoms with van der Waals surface area (Å²) < 4.78 is 5.34. The molecule has 1 unspecified atom stereocenters. The topological polar surface area (TPSA) is 83.9 Å². The van der Waals surface area contributed by atoms with Crippen molar-refractivity contribution in [2.45, 2.75) is 65.5 Å². The number of amides is 2. The lowest BCUT2D eigenvalue weighted by molar-refractivity contribution is -0.169. The molecule has 114 valence electrons. The number of hydrogen-bond acceptors (Lipinski definition) is 4. The Kier molecular flexibility index (Phi) is 3.91. The van der Waals surface area contributed by atoms with Gasteiger partial charge in [-0.3, -0.25) is 4.79 Å². The quantitative estimate of drug-likeness (QED) is 0.788. The number of carbonyl (C=O) groups excluding carboxylic acids is 2. The number of carbonyl (C=O) groups is 3. The smallest absolute Gasteiger partial charge is 0.415 e. The van der Waals surface area contributed by atoms with Gasteiger partial charge in [0.2, 0.25) is 5.91 Å². The molecule has 0 saturated carbocycles. The van der Waals surface area contributed by atoms with Gasteiger partial charge in [0.1, 0.15) is 5.60 Å². The van der Waals surface area contributed by atoms with Crippen LogP contribution in [0, 0.1) is 5.41 Å². The Bertz CT molecular complexity index is 449. The Morgan fingerprint density at radius 1 is 1.35 bits per heavy atom. The van der Waals surface area contributed by atoms with Crippen LogP contribution in [0.4, 0.5) is 4.79 Å². The number of hydrogen-bond donors (Lipinski definition) is 1. The summed E-state index contributed by atoms with van der Waals surface area (Å²) in [5.74, 6) is -1.22. The predicted octanol–water partition coefficient (Wildman–Crippen LogP) is 2.41. The summed E-state index contributed by atoms with van der Waals surface area (Å²) >= 11 is 0. The summed E-state index contributed by atoms with van der Waals surface area (Å²) in [6, 6.07) is 0. The molecule has 6 nitrogen and oxygen atoms in total. The molecule has 1 aliphatic heterocycles. The fraction of sp³-hybridized carbons (Fsp3) is 0.786. The molecule has 0 bridgehead atoms. The summed E-state index contributed by atoms with van der Waals surface area (Å²) in [5, 5.41) is 9.33. The molecule has 0 aliphatic carbocycles. The molecular formula is C14H23NO5. The third-order valence-electron chi connectivity index (χ3n) is 3.50. The first-order chi connectivity index (χ1) is 8.87. The van der Waals surface area contributed by atoms with Gasteiger partial charge in [-0.2, -0.15) is 0 Å². The van der Waals surface area contributed by atoms with E-state index in [-0.39, 0.29) is 12.8 Å². The van der Waals surface area contributed by atoms with Crippen molar-refractivity contribution in [3.05, 3.63) is 0 Å². The first-order valence-corrected chi connectivity index (χ1v) is 6.68. The summed E-state index contributed by atoms with van der Waals surface area (Å²) in [5.41, 5.74) is -3.07. The zero-order valence-corrected chi connectivity index (χ0v) is 12.9. The summed E-state index contributed by atoms with van der Waals surface area (Å²) in [6.45, 7) is 10.1. The van der Waals surface area contributed by atoms with Gasteiger partial charge in [-0.1, -0.05) is 20.8 Å². The van der Waals surface area contributed by atoms with Crippen LogP contribution >= 0.6 is 0 Å². The van der Waals surface area contributed by atoms with Crippen LogP contribution in [0.15, 0.2) is 0 Å². The molecule has 0 spiro atoms. The normalized spacial score (nSPS) is 25.7. The van der Waals surface area contributed by atoms with Gasteiger partial charge in [-0.05, 0) is 33.6 Å². The largest absolute Gasteiger partial charge is 0.465 e. The van der Waals surface area contributed by atoms with Crippen molar-refractivity contribution in [1.82, 2.24) is 4.90 Å². The second kappa shape index (κ2) is 4.75. The monoisotopic (exact) mass is 285 g/mol. The number of esters is 1. The summed E-state index contributed by atoms with van der Waals surface area (Å²) in [6.07, 6.45) is -1.08. The van der Waals surface area contributed by atoms with Crippen LogP contribution < -0.4 is 0 Å². The third kappa shape index (κ3) is 2.64. The van der Waals surface area contributed by atoms with Gasteiger partial charge in [0.15, 0.2) is 5.54 Å². The number of ether oxygens (including phenoxy) is 1. The zero-order chi connectivity index (χ0) is 15.9.